The van der Waals surface area contributed by atoms with Crippen LogP contribution in [0.4, 0.5) is 4.39 Å². The molecule has 0 unspecified atom stereocenters. The summed E-state index contributed by atoms with van der Waals surface area (Å²) in [5.41, 5.74) is 1.12. The van der Waals surface area contributed by atoms with Gasteiger partial charge < -0.3 is 9.84 Å². The molecule has 0 spiro atoms. The van der Waals surface area contributed by atoms with E-state index in [4.69, 9.17) is 4.52 Å². The molecule has 1 aromatic heterocycles. The number of carbonyl (C=O) groups excluding carboxylic acids is 1. The van der Waals surface area contributed by atoms with E-state index in [0.29, 0.717) is 5.76 Å². The third-order valence-electron chi connectivity index (χ3n) is 2.68. The van der Waals surface area contributed by atoms with Crippen LogP contribution in [0.2, 0.25) is 0 Å². The van der Waals surface area contributed by atoms with Crippen LogP contribution in [0.25, 0.3) is 0 Å². The van der Waals surface area contributed by atoms with Crippen LogP contribution < -0.4 is 5.32 Å². The zero-order chi connectivity index (χ0) is 13.8. The van der Waals surface area contributed by atoms with Crippen molar-refractivity contribution in [3.05, 3.63) is 53.2 Å². The Labute approximate surface area is 110 Å². The molecule has 1 amide bonds. The Balaban J connectivity index is 1.96. The summed E-state index contributed by atoms with van der Waals surface area (Å²) in [4.78, 5) is 11.8. The minimum absolute atomic E-state index is 0.231. The van der Waals surface area contributed by atoms with Crippen molar-refractivity contribution in [3.8, 4) is 0 Å². The maximum atomic E-state index is 13.0. The van der Waals surface area contributed by atoms with Crippen LogP contribution in [0.3, 0.4) is 0 Å². The Bertz CT molecular complexity index is 578. The highest BCUT2D eigenvalue weighted by atomic mass is 19.1. The Morgan fingerprint density at radius 3 is 2.84 bits per heavy atom. The monoisotopic (exact) mass is 262 g/mol. The van der Waals surface area contributed by atoms with Gasteiger partial charge in [0.25, 0.3) is 5.91 Å². The van der Waals surface area contributed by atoms with Gasteiger partial charge in [0.2, 0.25) is 0 Å². The summed E-state index contributed by atoms with van der Waals surface area (Å²) in [5.74, 6) is 0.0706. The van der Waals surface area contributed by atoms with E-state index in [1.807, 2.05) is 13.8 Å². The molecule has 0 fully saturated rings. The number of amides is 1. The molecule has 1 heterocycles. The molecule has 0 aliphatic rings. The lowest BCUT2D eigenvalue weighted by molar-refractivity contribution is 0.0946. The Morgan fingerprint density at radius 1 is 1.42 bits per heavy atom. The molecule has 1 aromatic carbocycles. The number of rotatable bonds is 4. The fraction of sp³-hybridized carbons (Fsp3) is 0.286. The van der Waals surface area contributed by atoms with Gasteiger partial charge >= 0.3 is 0 Å². The second-order valence-corrected chi connectivity index (χ2v) is 4.57. The van der Waals surface area contributed by atoms with Crippen molar-refractivity contribution >= 4 is 5.91 Å². The van der Waals surface area contributed by atoms with Gasteiger partial charge in [0.1, 0.15) is 5.82 Å². The smallest absolute Gasteiger partial charge is 0.251 e. The first-order valence-corrected chi connectivity index (χ1v) is 6.05. The van der Waals surface area contributed by atoms with E-state index < -0.39 is 5.82 Å². The van der Waals surface area contributed by atoms with Crippen LogP contribution in [0.15, 0.2) is 34.9 Å². The fourth-order valence-electron chi connectivity index (χ4n) is 1.58. The van der Waals surface area contributed by atoms with Gasteiger partial charge in [-0.15, -0.1) is 0 Å². The molecular formula is C14H15FN2O2. The molecule has 0 atom stereocenters. The van der Waals surface area contributed by atoms with Gasteiger partial charge in [-0.05, 0) is 24.1 Å². The van der Waals surface area contributed by atoms with Crippen molar-refractivity contribution in [1.82, 2.24) is 10.5 Å². The molecular weight excluding hydrogens is 247 g/mol. The lowest BCUT2D eigenvalue weighted by Gasteiger charge is -2.02. The number of nitrogens with one attached hydrogen (secondary N) is 1. The third-order valence-corrected chi connectivity index (χ3v) is 2.68. The number of carbonyl (C=O) groups is 1. The molecule has 0 aliphatic heterocycles. The number of benzene rings is 1. The Hall–Kier alpha value is -2.17. The number of hydrogen-bond donors (Lipinski definition) is 1. The molecule has 100 valence electrons. The highest BCUT2D eigenvalue weighted by Gasteiger charge is 2.10. The van der Waals surface area contributed by atoms with E-state index in [9.17, 15) is 9.18 Å². The van der Waals surface area contributed by atoms with Crippen LogP contribution in [0.5, 0.6) is 0 Å². The summed E-state index contributed by atoms with van der Waals surface area (Å²) in [5, 5.41) is 6.55. The van der Waals surface area contributed by atoms with E-state index in [1.165, 1.54) is 18.2 Å². The average molecular weight is 262 g/mol. The van der Waals surface area contributed by atoms with Crippen LogP contribution >= 0.6 is 0 Å². The van der Waals surface area contributed by atoms with Gasteiger partial charge in [-0.25, -0.2) is 4.39 Å². The normalized spacial score (nSPS) is 10.7. The third kappa shape index (κ3) is 3.40. The first-order chi connectivity index (χ1) is 9.06. The van der Waals surface area contributed by atoms with Crippen LogP contribution in [-0.2, 0) is 6.54 Å². The Morgan fingerprint density at radius 2 is 2.21 bits per heavy atom. The van der Waals surface area contributed by atoms with Gasteiger partial charge in [0.05, 0.1) is 12.2 Å². The van der Waals surface area contributed by atoms with Gasteiger partial charge in [-0.1, -0.05) is 25.1 Å². The second kappa shape index (κ2) is 5.65. The van der Waals surface area contributed by atoms with Crippen molar-refractivity contribution < 1.29 is 13.7 Å². The quantitative estimate of drug-likeness (QED) is 0.921. The van der Waals surface area contributed by atoms with Crippen molar-refractivity contribution in [2.24, 2.45) is 0 Å². The zero-order valence-electron chi connectivity index (χ0n) is 10.8. The standard InChI is InChI=1S/C14H15FN2O2/c1-9(2)13-7-12(19-17-13)8-16-14(18)10-4-3-5-11(15)6-10/h3-7,9H,8H2,1-2H3,(H,16,18). The fourth-order valence-corrected chi connectivity index (χ4v) is 1.58. The largest absolute Gasteiger partial charge is 0.359 e. The van der Waals surface area contributed by atoms with Crippen molar-refractivity contribution in [1.29, 1.82) is 0 Å². The van der Waals surface area contributed by atoms with Crippen LogP contribution in [0.1, 0.15) is 41.6 Å². The molecule has 0 radical (unpaired) electrons. The molecule has 0 saturated heterocycles. The first kappa shape index (κ1) is 13.3. The molecule has 2 aromatic rings. The van der Waals surface area contributed by atoms with E-state index in [2.05, 4.69) is 10.5 Å². The number of aromatic nitrogens is 1. The van der Waals surface area contributed by atoms with Crippen LogP contribution in [0, 0.1) is 5.82 Å². The number of hydrogen-bond acceptors (Lipinski definition) is 3. The van der Waals surface area contributed by atoms with Gasteiger partial charge in [-0.2, -0.15) is 0 Å². The van der Waals surface area contributed by atoms with Crippen molar-refractivity contribution in [2.45, 2.75) is 26.3 Å². The molecule has 0 saturated carbocycles. The predicted molar refractivity (Wildman–Crippen MR) is 68.2 cm³/mol. The van der Waals surface area contributed by atoms with Gasteiger partial charge in [-0.3, -0.25) is 4.79 Å². The SMILES string of the molecule is CC(C)c1cc(CNC(=O)c2cccc(F)c2)on1. The van der Waals surface area contributed by atoms with Crippen molar-refractivity contribution in [2.75, 3.05) is 0 Å². The molecule has 0 bridgehead atoms. The maximum Gasteiger partial charge on any atom is 0.251 e. The summed E-state index contributed by atoms with van der Waals surface area (Å²) >= 11 is 0. The minimum Gasteiger partial charge on any atom is -0.359 e. The molecule has 5 heteroatoms. The lowest BCUT2D eigenvalue weighted by atomic mass is 10.1. The van der Waals surface area contributed by atoms with E-state index in [-0.39, 0.29) is 23.9 Å². The topological polar surface area (TPSA) is 55.1 Å². The summed E-state index contributed by atoms with van der Waals surface area (Å²) in [6.07, 6.45) is 0. The average Bonchev–Trinajstić information content (AvgIpc) is 2.85. The molecule has 0 aliphatic carbocycles. The molecule has 1 N–H and O–H groups in total. The van der Waals surface area contributed by atoms with Gasteiger partial charge in [0, 0.05) is 11.6 Å². The van der Waals surface area contributed by atoms with E-state index in [0.717, 1.165) is 5.69 Å². The lowest BCUT2D eigenvalue weighted by Crippen LogP contribution is -2.22. The summed E-state index contributed by atoms with van der Waals surface area (Å²) in [6, 6.07) is 7.34. The van der Waals surface area contributed by atoms with E-state index in [1.54, 1.807) is 12.1 Å². The number of nitrogens with zero attached hydrogens (tertiary/aromatic N) is 1. The second-order valence-electron chi connectivity index (χ2n) is 4.57. The zero-order valence-corrected chi connectivity index (χ0v) is 10.8. The summed E-state index contributed by atoms with van der Waals surface area (Å²) in [6.45, 7) is 4.25. The van der Waals surface area contributed by atoms with Crippen LogP contribution in [-0.4, -0.2) is 11.1 Å². The highest BCUT2D eigenvalue weighted by molar-refractivity contribution is 5.94. The van der Waals surface area contributed by atoms with E-state index >= 15 is 0 Å². The van der Waals surface area contributed by atoms with Crippen molar-refractivity contribution in [3.63, 3.8) is 0 Å². The molecule has 19 heavy (non-hydrogen) atoms. The summed E-state index contributed by atoms with van der Waals surface area (Å²) in [7, 11) is 0. The van der Waals surface area contributed by atoms with Gasteiger partial charge in [0.15, 0.2) is 5.76 Å². The minimum atomic E-state index is -0.436. The molecule has 4 nitrogen and oxygen atoms in total. The summed E-state index contributed by atoms with van der Waals surface area (Å²) < 4.78 is 18.1. The first-order valence-electron chi connectivity index (χ1n) is 6.05. The highest BCUT2D eigenvalue weighted by Crippen LogP contribution is 2.14. The molecule has 2 rings (SSSR count). The maximum absolute atomic E-state index is 13.0. The predicted octanol–water partition coefficient (Wildman–Crippen LogP) is 2.87. The Kier molecular flexibility index (Phi) is 3.94. The number of halogens is 1.